The highest BCUT2D eigenvalue weighted by molar-refractivity contribution is 5.59. The van der Waals surface area contributed by atoms with Crippen LogP contribution in [0.5, 0.6) is 11.6 Å². The number of methoxy groups -OCH3 is 1. The maximum atomic E-state index is 12.7. The number of hydrogen-bond acceptors (Lipinski definition) is 8. The van der Waals surface area contributed by atoms with Crippen LogP contribution in [0.2, 0.25) is 0 Å². The molecule has 9 nitrogen and oxygen atoms in total. The Morgan fingerprint density at radius 3 is 2.79 bits per heavy atom. The van der Waals surface area contributed by atoms with Crippen molar-refractivity contribution >= 4 is 0 Å². The average Bonchev–Trinajstić information content (AvgIpc) is 3.31. The lowest BCUT2D eigenvalue weighted by atomic mass is 10.2. The molecule has 1 aliphatic carbocycles. The molecule has 1 aliphatic rings. The standard InChI is InChI=1S/C17H17F2N7O2/c1-9-20-7-13(15-23-25-26(24-15)17(18)19)16(22-9)28-8-10-5-12(10)14-4-3-11(27-2)6-21-14/h3-4,6-7,10,12,17H,5,8H2,1-2H3/t10-,12+/m0/s1. The molecule has 28 heavy (non-hydrogen) atoms. The zero-order chi connectivity index (χ0) is 19.7. The predicted molar refractivity (Wildman–Crippen MR) is 92.0 cm³/mol. The van der Waals surface area contributed by atoms with Gasteiger partial charge in [-0.25, -0.2) is 4.98 Å². The molecular formula is C17H17F2N7O2. The van der Waals surface area contributed by atoms with Crippen molar-refractivity contribution in [2.45, 2.75) is 25.8 Å². The molecule has 0 radical (unpaired) electrons. The summed E-state index contributed by atoms with van der Waals surface area (Å²) in [6, 6.07) is 3.82. The van der Waals surface area contributed by atoms with Gasteiger partial charge in [-0.1, -0.05) is 4.80 Å². The average molecular weight is 389 g/mol. The van der Waals surface area contributed by atoms with E-state index in [2.05, 4.69) is 30.4 Å². The third kappa shape index (κ3) is 3.73. The van der Waals surface area contributed by atoms with Crippen molar-refractivity contribution in [1.82, 2.24) is 35.2 Å². The van der Waals surface area contributed by atoms with Gasteiger partial charge in [0.1, 0.15) is 17.1 Å². The van der Waals surface area contributed by atoms with Crippen LogP contribution in [0.25, 0.3) is 11.4 Å². The molecule has 1 fully saturated rings. The van der Waals surface area contributed by atoms with Crippen molar-refractivity contribution in [3.05, 3.63) is 36.0 Å². The highest BCUT2D eigenvalue weighted by Gasteiger charge is 2.40. The molecule has 146 valence electrons. The van der Waals surface area contributed by atoms with Gasteiger partial charge in [-0.3, -0.25) is 4.98 Å². The van der Waals surface area contributed by atoms with Crippen LogP contribution < -0.4 is 9.47 Å². The summed E-state index contributed by atoms with van der Waals surface area (Å²) in [5.74, 6) is 2.02. The molecule has 1 saturated carbocycles. The van der Waals surface area contributed by atoms with E-state index in [1.165, 1.54) is 6.20 Å². The molecule has 0 aliphatic heterocycles. The van der Waals surface area contributed by atoms with Gasteiger partial charge in [-0.15, -0.1) is 10.2 Å². The number of halogens is 2. The summed E-state index contributed by atoms with van der Waals surface area (Å²) in [4.78, 5) is 13.0. The fraction of sp³-hybridized carbons (Fsp3) is 0.412. The molecule has 2 atom stereocenters. The molecule has 3 aromatic heterocycles. The molecule has 3 aromatic rings. The van der Waals surface area contributed by atoms with Gasteiger partial charge >= 0.3 is 6.55 Å². The highest BCUT2D eigenvalue weighted by Crippen LogP contribution is 2.47. The Morgan fingerprint density at radius 1 is 1.25 bits per heavy atom. The van der Waals surface area contributed by atoms with E-state index >= 15 is 0 Å². The van der Waals surface area contributed by atoms with Crippen LogP contribution in [0.1, 0.15) is 30.4 Å². The first-order valence-corrected chi connectivity index (χ1v) is 8.59. The molecule has 3 heterocycles. The third-order valence-electron chi connectivity index (χ3n) is 4.45. The number of alkyl halides is 2. The van der Waals surface area contributed by atoms with Gasteiger partial charge in [-0.05, 0) is 30.7 Å². The van der Waals surface area contributed by atoms with Crippen LogP contribution in [-0.2, 0) is 0 Å². The quantitative estimate of drug-likeness (QED) is 0.607. The number of ether oxygens (including phenoxy) is 2. The normalized spacial score (nSPS) is 18.3. The molecule has 11 heteroatoms. The van der Waals surface area contributed by atoms with Gasteiger partial charge in [0, 0.05) is 23.7 Å². The maximum absolute atomic E-state index is 12.7. The Morgan fingerprint density at radius 2 is 2.11 bits per heavy atom. The Labute approximate surface area is 158 Å². The summed E-state index contributed by atoms with van der Waals surface area (Å²) in [6.45, 7) is -0.757. The molecule has 0 bridgehead atoms. The number of hydrogen-bond donors (Lipinski definition) is 0. The van der Waals surface area contributed by atoms with Crippen LogP contribution in [0.15, 0.2) is 24.5 Å². The summed E-state index contributed by atoms with van der Waals surface area (Å²) in [5, 5.41) is 10.6. The minimum atomic E-state index is -2.87. The molecule has 0 saturated heterocycles. The van der Waals surface area contributed by atoms with Gasteiger partial charge in [0.25, 0.3) is 0 Å². The zero-order valence-electron chi connectivity index (χ0n) is 15.2. The first-order valence-electron chi connectivity index (χ1n) is 8.59. The van der Waals surface area contributed by atoms with E-state index in [0.29, 0.717) is 29.7 Å². The highest BCUT2D eigenvalue weighted by atomic mass is 19.3. The number of tetrazole rings is 1. The van der Waals surface area contributed by atoms with E-state index in [9.17, 15) is 8.78 Å². The molecule has 0 amide bonds. The number of nitrogens with zero attached hydrogens (tertiary/aromatic N) is 7. The van der Waals surface area contributed by atoms with Gasteiger partial charge in [-0.2, -0.15) is 13.8 Å². The Bertz CT molecular complexity index is 964. The lowest BCUT2D eigenvalue weighted by Gasteiger charge is -2.08. The lowest BCUT2D eigenvalue weighted by Crippen LogP contribution is -2.06. The third-order valence-corrected chi connectivity index (χ3v) is 4.45. The minimum Gasteiger partial charge on any atom is -0.495 e. The molecule has 0 N–H and O–H groups in total. The Kier molecular flexibility index (Phi) is 4.80. The van der Waals surface area contributed by atoms with Gasteiger partial charge < -0.3 is 9.47 Å². The second-order valence-electron chi connectivity index (χ2n) is 6.38. The van der Waals surface area contributed by atoms with Crippen LogP contribution in [0.4, 0.5) is 8.78 Å². The molecule has 4 rings (SSSR count). The fourth-order valence-corrected chi connectivity index (χ4v) is 2.84. The number of aryl methyl sites for hydroxylation is 1. The number of rotatable bonds is 7. The fourth-order valence-electron chi connectivity index (χ4n) is 2.84. The largest absolute Gasteiger partial charge is 0.495 e. The van der Waals surface area contributed by atoms with Gasteiger partial charge in [0.2, 0.25) is 11.7 Å². The Hall–Kier alpha value is -3.24. The summed E-state index contributed by atoms with van der Waals surface area (Å²) in [7, 11) is 1.60. The second-order valence-corrected chi connectivity index (χ2v) is 6.38. The summed E-state index contributed by atoms with van der Waals surface area (Å²) >= 11 is 0. The van der Waals surface area contributed by atoms with Crippen LogP contribution in [0.3, 0.4) is 0 Å². The lowest BCUT2D eigenvalue weighted by molar-refractivity contribution is 0.0397. The SMILES string of the molecule is COc1ccc([C@@H]2C[C@H]2COc2nc(C)ncc2-c2nnn(C(F)F)n2)nc1. The molecular weight excluding hydrogens is 372 g/mol. The number of pyridine rings is 1. The monoisotopic (exact) mass is 389 g/mol. The van der Waals surface area contributed by atoms with Crippen molar-refractivity contribution in [2.24, 2.45) is 5.92 Å². The smallest absolute Gasteiger partial charge is 0.350 e. The maximum Gasteiger partial charge on any atom is 0.350 e. The van der Waals surface area contributed by atoms with Crippen molar-refractivity contribution < 1.29 is 18.3 Å². The van der Waals surface area contributed by atoms with E-state index in [1.54, 1.807) is 20.2 Å². The first kappa shape index (κ1) is 18.1. The van der Waals surface area contributed by atoms with Gasteiger partial charge in [0.15, 0.2) is 0 Å². The minimum absolute atomic E-state index is 0.0144. The van der Waals surface area contributed by atoms with E-state index in [1.807, 2.05) is 12.1 Å². The van der Waals surface area contributed by atoms with Crippen molar-refractivity contribution in [2.75, 3.05) is 13.7 Å². The zero-order valence-corrected chi connectivity index (χ0v) is 15.2. The van der Waals surface area contributed by atoms with Crippen molar-refractivity contribution in [3.63, 3.8) is 0 Å². The number of aromatic nitrogens is 7. The van der Waals surface area contributed by atoms with E-state index in [-0.39, 0.29) is 22.4 Å². The molecule has 0 aromatic carbocycles. The van der Waals surface area contributed by atoms with Crippen LogP contribution >= 0.6 is 0 Å². The van der Waals surface area contributed by atoms with E-state index in [0.717, 1.165) is 12.1 Å². The summed E-state index contributed by atoms with van der Waals surface area (Å²) in [5.41, 5.74) is 1.30. The summed E-state index contributed by atoms with van der Waals surface area (Å²) < 4.78 is 36.4. The second kappa shape index (κ2) is 7.41. The van der Waals surface area contributed by atoms with Gasteiger partial charge in [0.05, 0.1) is 19.9 Å². The Balaban J connectivity index is 1.45. The van der Waals surface area contributed by atoms with Crippen LogP contribution in [-0.4, -0.2) is 48.9 Å². The summed E-state index contributed by atoms with van der Waals surface area (Å²) in [6.07, 6.45) is 4.08. The molecule has 0 unspecified atom stereocenters. The van der Waals surface area contributed by atoms with E-state index in [4.69, 9.17) is 9.47 Å². The first-order chi connectivity index (χ1) is 13.5. The van der Waals surface area contributed by atoms with Crippen molar-refractivity contribution in [3.8, 4) is 23.0 Å². The van der Waals surface area contributed by atoms with Crippen molar-refractivity contribution in [1.29, 1.82) is 0 Å². The van der Waals surface area contributed by atoms with E-state index < -0.39 is 6.55 Å². The molecule has 0 spiro atoms. The predicted octanol–water partition coefficient (Wildman–Crippen LogP) is 2.42. The topological polar surface area (TPSA) is 101 Å². The van der Waals surface area contributed by atoms with Crippen LogP contribution in [0, 0.1) is 12.8 Å².